The van der Waals surface area contributed by atoms with E-state index >= 15 is 0 Å². The minimum absolute atomic E-state index is 0.220. The lowest BCUT2D eigenvalue weighted by Gasteiger charge is -2.11. The van der Waals surface area contributed by atoms with Crippen LogP contribution in [0.15, 0.2) is 30.3 Å². The molecule has 0 aliphatic carbocycles. The number of rotatable bonds is 3. The second-order valence-corrected chi connectivity index (χ2v) is 4.87. The molecule has 1 aromatic heterocycles. The number of anilines is 2. The third-order valence-corrected chi connectivity index (χ3v) is 2.86. The van der Waals surface area contributed by atoms with Crippen molar-refractivity contribution in [1.29, 1.82) is 0 Å². The van der Waals surface area contributed by atoms with Crippen LogP contribution in [0, 0.1) is 12.7 Å². The molecule has 1 heterocycles. The van der Waals surface area contributed by atoms with E-state index < -0.39 is 5.82 Å². The number of nitrogens with two attached hydrogens (primary N) is 1. The van der Waals surface area contributed by atoms with Gasteiger partial charge in [-0.2, -0.15) is 0 Å². The third kappa shape index (κ3) is 3.39. The Balaban J connectivity index is 2.42. The Hall–Kier alpha value is -1.72. The van der Waals surface area contributed by atoms with Crippen LogP contribution in [0.5, 0.6) is 0 Å². The predicted molar refractivity (Wildman–Crippen MR) is 79.6 cm³/mol. The molecule has 0 spiro atoms. The molecule has 3 N–H and O–H groups in total. The van der Waals surface area contributed by atoms with Crippen molar-refractivity contribution in [3.63, 3.8) is 0 Å². The highest BCUT2D eigenvalue weighted by Crippen LogP contribution is 2.23. The molecule has 98 valence electrons. The lowest BCUT2D eigenvalue weighted by molar-refractivity contribution is 0.628. The van der Waals surface area contributed by atoms with Gasteiger partial charge in [-0.1, -0.05) is 23.8 Å². The van der Waals surface area contributed by atoms with Gasteiger partial charge in [0, 0.05) is 16.4 Å². The molecule has 1 aromatic carbocycles. The first-order valence-electron chi connectivity index (χ1n) is 5.46. The van der Waals surface area contributed by atoms with E-state index in [0.29, 0.717) is 22.1 Å². The molecule has 19 heavy (non-hydrogen) atoms. The summed E-state index contributed by atoms with van der Waals surface area (Å²) in [6.07, 6.45) is 0. The van der Waals surface area contributed by atoms with Gasteiger partial charge in [0.1, 0.15) is 16.6 Å². The van der Waals surface area contributed by atoms with E-state index in [4.69, 9.17) is 29.6 Å². The molecule has 0 radical (unpaired) electrons. The number of benzene rings is 1. The zero-order valence-corrected chi connectivity index (χ0v) is 11.6. The van der Waals surface area contributed by atoms with Crippen LogP contribution in [0.2, 0.25) is 5.02 Å². The van der Waals surface area contributed by atoms with Crippen molar-refractivity contribution in [3.8, 4) is 0 Å². The topological polar surface area (TPSA) is 50.9 Å². The average molecular weight is 296 g/mol. The van der Waals surface area contributed by atoms with Crippen LogP contribution in [0.4, 0.5) is 15.9 Å². The van der Waals surface area contributed by atoms with Crippen molar-refractivity contribution in [2.24, 2.45) is 5.73 Å². The fraction of sp³-hybridized carbons (Fsp3) is 0.0769. The zero-order chi connectivity index (χ0) is 14.0. The van der Waals surface area contributed by atoms with Crippen LogP contribution in [0.25, 0.3) is 0 Å². The van der Waals surface area contributed by atoms with Crippen LogP contribution < -0.4 is 11.1 Å². The van der Waals surface area contributed by atoms with Gasteiger partial charge in [-0.25, -0.2) is 9.37 Å². The van der Waals surface area contributed by atoms with Crippen molar-refractivity contribution in [1.82, 2.24) is 4.98 Å². The number of hydrogen-bond donors (Lipinski definition) is 2. The number of aromatic nitrogens is 1. The maximum atomic E-state index is 13.3. The van der Waals surface area contributed by atoms with Gasteiger partial charge in [0.15, 0.2) is 0 Å². The van der Waals surface area contributed by atoms with Gasteiger partial charge in [0.25, 0.3) is 0 Å². The normalized spacial score (nSPS) is 10.3. The zero-order valence-electron chi connectivity index (χ0n) is 10.1. The Kier molecular flexibility index (Phi) is 3.97. The van der Waals surface area contributed by atoms with Gasteiger partial charge in [-0.15, -0.1) is 0 Å². The minimum atomic E-state index is -0.431. The average Bonchev–Trinajstić information content (AvgIpc) is 2.26. The van der Waals surface area contributed by atoms with Gasteiger partial charge in [0.2, 0.25) is 0 Å². The van der Waals surface area contributed by atoms with E-state index in [0.717, 1.165) is 5.69 Å². The van der Waals surface area contributed by atoms with Crippen molar-refractivity contribution >= 4 is 40.3 Å². The van der Waals surface area contributed by atoms with Gasteiger partial charge < -0.3 is 11.1 Å². The summed E-state index contributed by atoms with van der Waals surface area (Å²) >= 11 is 10.8. The summed E-state index contributed by atoms with van der Waals surface area (Å²) in [5.41, 5.74) is 7.51. The minimum Gasteiger partial charge on any atom is -0.389 e. The van der Waals surface area contributed by atoms with Crippen LogP contribution in [-0.2, 0) is 0 Å². The highest BCUT2D eigenvalue weighted by Gasteiger charge is 2.08. The maximum Gasteiger partial charge on any atom is 0.140 e. The first kappa shape index (κ1) is 13.7. The summed E-state index contributed by atoms with van der Waals surface area (Å²) in [5.74, 6) is 0.0497. The molecule has 0 aliphatic heterocycles. The summed E-state index contributed by atoms with van der Waals surface area (Å²) in [5, 5.41) is 3.27. The molecule has 0 saturated heterocycles. The van der Waals surface area contributed by atoms with Gasteiger partial charge >= 0.3 is 0 Å². The number of nitrogens with zero attached hydrogens (tertiary/aromatic N) is 1. The number of thiocarbonyl (C=S) groups is 1. The second kappa shape index (κ2) is 5.50. The molecule has 0 unspecified atom stereocenters. The van der Waals surface area contributed by atoms with Crippen LogP contribution in [0.3, 0.4) is 0 Å². The van der Waals surface area contributed by atoms with Gasteiger partial charge in [-0.05, 0) is 37.3 Å². The Morgan fingerprint density at radius 3 is 2.74 bits per heavy atom. The molecule has 0 amide bonds. The number of aryl methyl sites for hydroxylation is 1. The molecule has 2 rings (SSSR count). The summed E-state index contributed by atoms with van der Waals surface area (Å²) in [6.45, 7) is 1.84. The number of pyridine rings is 1. The predicted octanol–water partition coefficient (Wildman–Crippen LogP) is 3.56. The number of hydrogen-bond acceptors (Lipinski definition) is 3. The Morgan fingerprint density at radius 2 is 2.11 bits per heavy atom. The first-order valence-corrected chi connectivity index (χ1v) is 6.25. The SMILES string of the molecule is Cc1ccc(C(N)=S)c(Nc2cc(F)cc(Cl)c2)n1. The molecule has 2 aromatic rings. The van der Waals surface area contributed by atoms with Gasteiger partial charge in [-0.3, -0.25) is 0 Å². The van der Waals surface area contributed by atoms with Crippen molar-refractivity contribution < 1.29 is 4.39 Å². The lowest BCUT2D eigenvalue weighted by atomic mass is 10.2. The first-order chi connectivity index (χ1) is 8.95. The summed E-state index contributed by atoms with van der Waals surface area (Å²) in [6, 6.07) is 7.72. The molecule has 0 bridgehead atoms. The Bertz CT molecular complexity index is 626. The highest BCUT2D eigenvalue weighted by molar-refractivity contribution is 7.80. The molecule has 3 nitrogen and oxygen atoms in total. The molecule has 6 heteroatoms. The van der Waals surface area contributed by atoms with Crippen LogP contribution >= 0.6 is 23.8 Å². The van der Waals surface area contributed by atoms with Crippen molar-refractivity contribution in [2.45, 2.75) is 6.92 Å². The van der Waals surface area contributed by atoms with Crippen LogP contribution in [-0.4, -0.2) is 9.97 Å². The molecular weight excluding hydrogens is 285 g/mol. The maximum absolute atomic E-state index is 13.3. The Morgan fingerprint density at radius 1 is 1.37 bits per heavy atom. The van der Waals surface area contributed by atoms with E-state index in [2.05, 4.69) is 10.3 Å². The van der Waals surface area contributed by atoms with Crippen molar-refractivity contribution in [3.05, 3.63) is 52.4 Å². The smallest absolute Gasteiger partial charge is 0.140 e. The molecule has 0 saturated carbocycles. The lowest BCUT2D eigenvalue weighted by Crippen LogP contribution is -2.13. The van der Waals surface area contributed by atoms with E-state index in [1.165, 1.54) is 12.1 Å². The van der Waals surface area contributed by atoms with Crippen LogP contribution in [0.1, 0.15) is 11.3 Å². The number of halogens is 2. The molecular formula is C13H11ClFN3S. The quantitative estimate of drug-likeness (QED) is 0.850. The van der Waals surface area contributed by atoms with Crippen molar-refractivity contribution in [2.75, 3.05) is 5.32 Å². The highest BCUT2D eigenvalue weighted by atomic mass is 35.5. The van der Waals surface area contributed by atoms with E-state index in [1.807, 2.05) is 6.92 Å². The third-order valence-electron chi connectivity index (χ3n) is 2.43. The summed E-state index contributed by atoms with van der Waals surface area (Å²) < 4.78 is 13.3. The molecule has 0 atom stereocenters. The fourth-order valence-electron chi connectivity index (χ4n) is 1.61. The number of nitrogens with one attached hydrogen (secondary N) is 1. The fourth-order valence-corrected chi connectivity index (χ4v) is 2.00. The van der Waals surface area contributed by atoms with E-state index in [-0.39, 0.29) is 4.99 Å². The van der Waals surface area contributed by atoms with E-state index in [9.17, 15) is 4.39 Å². The summed E-state index contributed by atoms with van der Waals surface area (Å²) in [4.78, 5) is 4.52. The second-order valence-electron chi connectivity index (χ2n) is 4.00. The largest absolute Gasteiger partial charge is 0.389 e. The monoisotopic (exact) mass is 295 g/mol. The molecule has 0 aliphatic rings. The molecule has 0 fully saturated rings. The van der Waals surface area contributed by atoms with Gasteiger partial charge in [0.05, 0.1) is 5.56 Å². The Labute approximate surface area is 120 Å². The van der Waals surface area contributed by atoms with E-state index in [1.54, 1.807) is 18.2 Å². The summed E-state index contributed by atoms with van der Waals surface area (Å²) in [7, 11) is 0. The standard InChI is InChI=1S/C13H11ClFN3S/c1-7-2-3-11(12(16)19)13(17-7)18-10-5-8(14)4-9(15)6-10/h2-6H,1H3,(H2,16,19)(H,17,18).